The summed E-state index contributed by atoms with van der Waals surface area (Å²) in [5.74, 6) is -1.39. The van der Waals surface area contributed by atoms with Crippen LogP contribution in [0.3, 0.4) is 0 Å². The molecule has 0 N–H and O–H groups in total. The Kier molecular flexibility index (Phi) is 6.36. The molecule has 0 saturated heterocycles. The summed E-state index contributed by atoms with van der Waals surface area (Å²) in [5, 5.41) is 0. The first-order valence-corrected chi connectivity index (χ1v) is 14.6. The van der Waals surface area contributed by atoms with Gasteiger partial charge in [0.2, 0.25) is 0 Å². The highest BCUT2D eigenvalue weighted by molar-refractivity contribution is 6.01. The largest absolute Gasteiger partial charge is 0.456 e. The lowest BCUT2D eigenvalue weighted by Crippen LogP contribution is -2.50. The molecule has 196 valence electrons. The van der Waals surface area contributed by atoms with Gasteiger partial charge >= 0.3 is 11.9 Å². The maximum absolute atomic E-state index is 13.2. The van der Waals surface area contributed by atoms with Crippen molar-refractivity contribution in [3.05, 3.63) is 12.2 Å². The smallest absolute Gasteiger partial charge is 0.344 e. The van der Waals surface area contributed by atoms with E-state index in [1.54, 1.807) is 0 Å². The zero-order valence-corrected chi connectivity index (χ0v) is 21.5. The number of carbonyl (C=O) groups is 4. The fourth-order valence-corrected chi connectivity index (χ4v) is 9.59. The first kappa shape index (κ1) is 24.4. The quantitative estimate of drug-likeness (QED) is 0.285. The molecule has 6 nitrogen and oxygen atoms in total. The van der Waals surface area contributed by atoms with Crippen molar-refractivity contribution in [2.75, 3.05) is 6.61 Å². The molecule has 0 spiro atoms. The Morgan fingerprint density at radius 1 is 0.861 bits per heavy atom. The predicted octanol–water partition coefficient (Wildman–Crippen LogP) is 4.83. The van der Waals surface area contributed by atoms with Crippen LogP contribution in [0.25, 0.3) is 0 Å². The third-order valence-corrected chi connectivity index (χ3v) is 11.1. The summed E-state index contributed by atoms with van der Waals surface area (Å²) in [6.45, 7) is 1.76. The van der Waals surface area contributed by atoms with E-state index in [1.807, 2.05) is 12.2 Å². The van der Waals surface area contributed by atoms with Crippen LogP contribution in [0.2, 0.25) is 0 Å². The molecule has 6 heteroatoms. The molecule has 0 aliphatic heterocycles. The third-order valence-electron chi connectivity index (χ3n) is 11.1. The maximum Gasteiger partial charge on any atom is 0.344 e. The van der Waals surface area contributed by atoms with Crippen molar-refractivity contribution in [3.8, 4) is 0 Å². The Hall–Kier alpha value is -1.98. The highest BCUT2D eigenvalue weighted by Gasteiger charge is 2.69. The number of ketones is 2. The molecule has 0 radical (unpaired) electrons. The predicted molar refractivity (Wildman–Crippen MR) is 131 cm³/mol. The van der Waals surface area contributed by atoms with Crippen LogP contribution in [0.1, 0.15) is 84.0 Å². The molecular formula is C30H40O6. The number of esters is 2. The standard InChI is InChI=1S/C30H40O6/c1-2-30(17-9-5-3-6-10-17,18-11-7-4-8-12-18)36-23(31)16-35-29(34)22-15-21-24-19-13-14-20(27(19)32)25(24)26(22)28(21)33/h13-14,17-22,24-26H,2-12,15-16H2,1H3. The molecule has 7 unspecified atom stereocenters. The summed E-state index contributed by atoms with van der Waals surface area (Å²) in [7, 11) is 0. The maximum atomic E-state index is 13.2. The van der Waals surface area contributed by atoms with Crippen LogP contribution in [0.4, 0.5) is 0 Å². The molecule has 6 rings (SSSR count). The van der Waals surface area contributed by atoms with E-state index >= 15 is 0 Å². The number of carbonyl (C=O) groups excluding carboxylic acids is 4. The molecule has 5 fully saturated rings. The number of ether oxygens (including phenoxy) is 2. The van der Waals surface area contributed by atoms with Crippen LogP contribution >= 0.6 is 0 Å². The summed E-state index contributed by atoms with van der Waals surface area (Å²) in [4.78, 5) is 51.8. The van der Waals surface area contributed by atoms with Gasteiger partial charge in [-0.1, -0.05) is 57.6 Å². The lowest BCUT2D eigenvalue weighted by atomic mass is 9.65. The number of hydrogen-bond acceptors (Lipinski definition) is 6. The Bertz CT molecular complexity index is 936. The van der Waals surface area contributed by atoms with Crippen molar-refractivity contribution in [2.24, 2.45) is 53.3 Å². The van der Waals surface area contributed by atoms with Gasteiger partial charge in [-0.15, -0.1) is 0 Å². The topological polar surface area (TPSA) is 86.7 Å². The van der Waals surface area contributed by atoms with Crippen LogP contribution < -0.4 is 0 Å². The number of hydrogen-bond donors (Lipinski definition) is 0. The molecule has 5 saturated carbocycles. The van der Waals surface area contributed by atoms with Gasteiger partial charge in [0.25, 0.3) is 0 Å². The van der Waals surface area contributed by atoms with Crippen LogP contribution in [-0.4, -0.2) is 35.7 Å². The average Bonchev–Trinajstić information content (AvgIpc) is 3.62. The van der Waals surface area contributed by atoms with E-state index in [0.717, 1.165) is 32.1 Å². The first-order valence-electron chi connectivity index (χ1n) is 14.6. The lowest BCUT2D eigenvalue weighted by molar-refractivity contribution is -0.189. The number of allylic oxidation sites excluding steroid dienone is 2. The van der Waals surface area contributed by atoms with Gasteiger partial charge in [-0.05, 0) is 62.2 Å². The minimum absolute atomic E-state index is 0.0615. The Labute approximate surface area is 213 Å². The van der Waals surface area contributed by atoms with E-state index in [1.165, 1.54) is 38.5 Å². The molecule has 0 aromatic carbocycles. The minimum Gasteiger partial charge on any atom is -0.456 e. The van der Waals surface area contributed by atoms with Gasteiger partial charge in [-0.25, -0.2) is 4.79 Å². The average molecular weight is 497 g/mol. The van der Waals surface area contributed by atoms with Gasteiger partial charge < -0.3 is 9.47 Å². The summed E-state index contributed by atoms with van der Waals surface area (Å²) in [6.07, 6.45) is 16.8. The van der Waals surface area contributed by atoms with E-state index in [-0.39, 0.29) is 47.8 Å². The van der Waals surface area contributed by atoms with E-state index in [4.69, 9.17) is 9.47 Å². The zero-order chi connectivity index (χ0) is 25.0. The molecule has 6 aliphatic rings. The van der Waals surface area contributed by atoms with Crippen LogP contribution in [0.5, 0.6) is 0 Å². The van der Waals surface area contributed by atoms with Crippen molar-refractivity contribution in [1.82, 2.24) is 0 Å². The Morgan fingerprint density at radius 2 is 1.44 bits per heavy atom. The van der Waals surface area contributed by atoms with E-state index in [2.05, 4.69) is 6.92 Å². The third kappa shape index (κ3) is 3.64. The number of Topliss-reactive ketones (excluding diaryl/α,β-unsaturated/α-hetero) is 2. The lowest BCUT2D eigenvalue weighted by Gasteiger charge is -2.48. The second kappa shape index (κ2) is 9.40. The molecule has 0 amide bonds. The van der Waals surface area contributed by atoms with E-state index in [0.29, 0.717) is 18.3 Å². The molecule has 0 aromatic rings. The first-order chi connectivity index (χ1) is 17.5. The van der Waals surface area contributed by atoms with Gasteiger partial charge in [0, 0.05) is 23.7 Å². The molecule has 6 aliphatic carbocycles. The fourth-order valence-electron chi connectivity index (χ4n) is 9.59. The van der Waals surface area contributed by atoms with Gasteiger partial charge in [0.1, 0.15) is 17.2 Å². The molecule has 7 atom stereocenters. The zero-order valence-electron chi connectivity index (χ0n) is 21.5. The molecule has 36 heavy (non-hydrogen) atoms. The Morgan fingerprint density at radius 3 is 2.03 bits per heavy atom. The van der Waals surface area contributed by atoms with Gasteiger partial charge in [-0.2, -0.15) is 0 Å². The monoisotopic (exact) mass is 496 g/mol. The van der Waals surface area contributed by atoms with Crippen molar-refractivity contribution in [3.63, 3.8) is 0 Å². The molecular weight excluding hydrogens is 456 g/mol. The van der Waals surface area contributed by atoms with Crippen LogP contribution in [0, 0.1) is 53.3 Å². The normalized spacial score (nSPS) is 38.0. The van der Waals surface area contributed by atoms with Gasteiger partial charge in [-0.3, -0.25) is 14.4 Å². The second-order valence-electron chi connectivity index (χ2n) is 12.4. The van der Waals surface area contributed by atoms with Gasteiger partial charge in [0.15, 0.2) is 6.61 Å². The van der Waals surface area contributed by atoms with E-state index < -0.39 is 29.4 Å². The van der Waals surface area contributed by atoms with E-state index in [9.17, 15) is 19.2 Å². The van der Waals surface area contributed by atoms with Crippen molar-refractivity contribution in [1.29, 1.82) is 0 Å². The Balaban J connectivity index is 1.11. The summed E-state index contributed by atoms with van der Waals surface area (Å²) < 4.78 is 11.9. The molecule has 0 heterocycles. The second-order valence-corrected chi connectivity index (χ2v) is 12.4. The highest BCUT2D eigenvalue weighted by atomic mass is 16.6. The van der Waals surface area contributed by atoms with Crippen LogP contribution in [0.15, 0.2) is 12.2 Å². The SMILES string of the molecule is CCC(OC(=O)COC(=O)C1CC2C(=O)C1C1C3C=CC(C3=O)C21)(C1CCCCC1)C1CCCCC1. The van der Waals surface area contributed by atoms with Crippen LogP contribution in [-0.2, 0) is 28.7 Å². The number of rotatable bonds is 7. The van der Waals surface area contributed by atoms with Crippen molar-refractivity contribution >= 4 is 23.5 Å². The fraction of sp³-hybridized carbons (Fsp3) is 0.800. The highest BCUT2D eigenvalue weighted by Crippen LogP contribution is 2.64. The molecule has 4 bridgehead atoms. The minimum atomic E-state index is -0.537. The number of fused-ring (bicyclic) bond motifs is 9. The summed E-state index contributed by atoms with van der Waals surface area (Å²) >= 11 is 0. The summed E-state index contributed by atoms with van der Waals surface area (Å²) in [5.41, 5.74) is -0.463. The van der Waals surface area contributed by atoms with Crippen molar-refractivity contribution < 1.29 is 28.7 Å². The van der Waals surface area contributed by atoms with Crippen molar-refractivity contribution in [2.45, 2.75) is 89.6 Å². The van der Waals surface area contributed by atoms with Gasteiger partial charge in [0.05, 0.1) is 5.92 Å². The molecule has 0 aromatic heterocycles. The summed E-state index contributed by atoms with van der Waals surface area (Å²) in [6, 6.07) is 0.